The topological polar surface area (TPSA) is 64.8 Å². The number of halogens is 2. The van der Waals surface area contributed by atoms with E-state index in [2.05, 4.69) is 22.9 Å². The average molecular weight is 408 g/mol. The fraction of sp³-hybridized carbons (Fsp3) is 0.562. The molecule has 2 N–H and O–H groups in total. The summed E-state index contributed by atoms with van der Waals surface area (Å²) >= 11 is 3.46. The van der Waals surface area contributed by atoms with Crippen LogP contribution in [0.25, 0.3) is 0 Å². The molecule has 5 nitrogen and oxygen atoms in total. The molecule has 2 atom stereocenters. The summed E-state index contributed by atoms with van der Waals surface area (Å²) in [6.07, 6.45) is 0.956. The van der Waals surface area contributed by atoms with Gasteiger partial charge in [0.25, 0.3) is 5.91 Å². The molecule has 1 amide bonds. The molecular formula is C16H24BrClN2O3. The number of carbonyl (C=O) groups excluding carboxylic acids is 1. The van der Waals surface area contributed by atoms with Crippen molar-refractivity contribution in [2.75, 3.05) is 26.8 Å². The highest BCUT2D eigenvalue weighted by atomic mass is 79.9. The minimum atomic E-state index is 0. The molecule has 1 aliphatic heterocycles. The third-order valence-electron chi connectivity index (χ3n) is 4.02. The Kier molecular flexibility index (Phi) is 7.64. The lowest BCUT2D eigenvalue weighted by Gasteiger charge is -2.22. The van der Waals surface area contributed by atoms with E-state index in [0.717, 1.165) is 10.9 Å². The van der Waals surface area contributed by atoms with Crippen LogP contribution in [0.5, 0.6) is 11.5 Å². The molecule has 1 aromatic rings. The molecule has 7 heteroatoms. The Bertz CT molecular complexity index is 556. The van der Waals surface area contributed by atoms with E-state index in [9.17, 15) is 4.79 Å². The molecule has 2 unspecified atom stereocenters. The maximum atomic E-state index is 12.8. The average Bonchev–Trinajstić information content (AvgIpc) is 2.89. The van der Waals surface area contributed by atoms with Crippen molar-refractivity contribution in [3.8, 4) is 11.5 Å². The van der Waals surface area contributed by atoms with Crippen molar-refractivity contribution in [1.29, 1.82) is 0 Å². The van der Waals surface area contributed by atoms with E-state index in [4.69, 9.17) is 15.2 Å². The molecule has 0 aromatic heterocycles. The van der Waals surface area contributed by atoms with Crippen LogP contribution in [0.15, 0.2) is 16.6 Å². The van der Waals surface area contributed by atoms with E-state index in [0.29, 0.717) is 42.7 Å². The Morgan fingerprint density at radius 3 is 2.70 bits per heavy atom. The fourth-order valence-electron chi connectivity index (χ4n) is 2.89. The number of likely N-dealkylation sites (tertiary alicyclic amines) is 1. The number of amides is 1. The van der Waals surface area contributed by atoms with Crippen LogP contribution in [0, 0.1) is 5.92 Å². The molecule has 0 saturated carbocycles. The van der Waals surface area contributed by atoms with Crippen molar-refractivity contribution in [1.82, 2.24) is 4.90 Å². The third kappa shape index (κ3) is 4.31. The summed E-state index contributed by atoms with van der Waals surface area (Å²) < 4.78 is 11.6. The molecule has 1 heterocycles. The van der Waals surface area contributed by atoms with Crippen molar-refractivity contribution in [2.45, 2.75) is 26.3 Å². The Labute approximate surface area is 152 Å². The van der Waals surface area contributed by atoms with Crippen molar-refractivity contribution in [2.24, 2.45) is 11.7 Å². The molecule has 1 aliphatic rings. The first-order chi connectivity index (χ1) is 10.5. The highest BCUT2D eigenvalue weighted by molar-refractivity contribution is 9.10. The molecule has 0 bridgehead atoms. The molecule has 0 spiro atoms. The first kappa shape index (κ1) is 20.1. The summed E-state index contributed by atoms with van der Waals surface area (Å²) in [5.41, 5.74) is 6.33. The number of nitrogens with zero attached hydrogens (tertiary/aromatic N) is 1. The van der Waals surface area contributed by atoms with Crippen LogP contribution in [0.3, 0.4) is 0 Å². The third-order valence-corrected chi connectivity index (χ3v) is 4.61. The first-order valence-electron chi connectivity index (χ1n) is 7.53. The molecule has 0 radical (unpaired) electrons. The monoisotopic (exact) mass is 406 g/mol. The summed E-state index contributed by atoms with van der Waals surface area (Å²) in [4.78, 5) is 14.7. The van der Waals surface area contributed by atoms with Crippen LogP contribution in [0.4, 0.5) is 0 Å². The Morgan fingerprint density at radius 2 is 2.17 bits per heavy atom. The molecule has 23 heavy (non-hydrogen) atoms. The second-order valence-electron chi connectivity index (χ2n) is 5.57. The number of rotatable bonds is 5. The summed E-state index contributed by atoms with van der Waals surface area (Å²) in [6, 6.07) is 3.73. The maximum absolute atomic E-state index is 12.8. The lowest BCUT2D eigenvalue weighted by Crippen LogP contribution is -2.34. The number of hydrogen-bond acceptors (Lipinski definition) is 4. The summed E-state index contributed by atoms with van der Waals surface area (Å²) in [6.45, 7) is 5.83. The first-order valence-corrected chi connectivity index (χ1v) is 8.32. The van der Waals surface area contributed by atoms with Crippen LogP contribution in [-0.4, -0.2) is 43.7 Å². The molecule has 0 aliphatic carbocycles. The van der Waals surface area contributed by atoms with Gasteiger partial charge in [0.2, 0.25) is 0 Å². The van der Waals surface area contributed by atoms with Gasteiger partial charge in [0.1, 0.15) is 0 Å². The van der Waals surface area contributed by atoms with Gasteiger partial charge in [-0.05, 0) is 60.8 Å². The molecule has 1 saturated heterocycles. The van der Waals surface area contributed by atoms with E-state index in [1.165, 1.54) is 0 Å². The highest BCUT2D eigenvalue weighted by Gasteiger charge is 2.32. The molecule has 1 aromatic carbocycles. The zero-order valence-corrected chi connectivity index (χ0v) is 16.1. The van der Waals surface area contributed by atoms with Crippen molar-refractivity contribution in [3.05, 3.63) is 22.2 Å². The van der Waals surface area contributed by atoms with Gasteiger partial charge in [0.15, 0.2) is 11.5 Å². The quantitative estimate of drug-likeness (QED) is 0.814. The summed E-state index contributed by atoms with van der Waals surface area (Å²) in [5, 5.41) is 0. The number of hydrogen-bond donors (Lipinski definition) is 1. The van der Waals surface area contributed by atoms with Gasteiger partial charge in [0.05, 0.1) is 18.2 Å². The SMILES string of the molecule is CCOc1c(Br)cc(C(=O)N2CC(CN)CC2C)cc1OC.Cl. The lowest BCUT2D eigenvalue weighted by molar-refractivity contribution is 0.0743. The van der Waals surface area contributed by atoms with Crippen LogP contribution >= 0.6 is 28.3 Å². The van der Waals surface area contributed by atoms with E-state index >= 15 is 0 Å². The maximum Gasteiger partial charge on any atom is 0.254 e. The molecule has 1 fully saturated rings. The highest BCUT2D eigenvalue weighted by Crippen LogP contribution is 2.37. The zero-order valence-electron chi connectivity index (χ0n) is 13.7. The second-order valence-corrected chi connectivity index (χ2v) is 6.42. The second kappa shape index (κ2) is 8.76. The van der Waals surface area contributed by atoms with E-state index in [1.54, 1.807) is 19.2 Å². The van der Waals surface area contributed by atoms with Gasteiger partial charge >= 0.3 is 0 Å². The van der Waals surface area contributed by atoms with Crippen molar-refractivity contribution in [3.63, 3.8) is 0 Å². The smallest absolute Gasteiger partial charge is 0.254 e. The fourth-order valence-corrected chi connectivity index (χ4v) is 3.45. The number of carbonyl (C=O) groups is 1. The zero-order chi connectivity index (χ0) is 16.3. The van der Waals surface area contributed by atoms with Crippen LogP contribution in [-0.2, 0) is 0 Å². The molecule has 130 valence electrons. The molecular weight excluding hydrogens is 384 g/mol. The predicted molar refractivity (Wildman–Crippen MR) is 96.8 cm³/mol. The standard InChI is InChI=1S/C16H23BrN2O3.ClH/c1-4-22-15-13(17)6-12(7-14(15)21-3)16(20)19-9-11(8-18)5-10(19)2;/h6-7,10-11H,4-5,8-9,18H2,1-3H3;1H. The van der Waals surface area contributed by atoms with Crippen molar-refractivity contribution >= 4 is 34.2 Å². The van der Waals surface area contributed by atoms with Gasteiger partial charge < -0.3 is 20.1 Å². The number of ether oxygens (including phenoxy) is 2. The van der Waals surface area contributed by atoms with Gasteiger partial charge in [-0.15, -0.1) is 12.4 Å². The van der Waals surface area contributed by atoms with Gasteiger partial charge in [-0.2, -0.15) is 0 Å². The summed E-state index contributed by atoms with van der Waals surface area (Å²) in [5.74, 6) is 1.56. The number of methoxy groups -OCH3 is 1. The van der Waals surface area contributed by atoms with Crippen LogP contribution in [0.1, 0.15) is 30.6 Å². The van der Waals surface area contributed by atoms with Gasteiger partial charge in [-0.25, -0.2) is 0 Å². The van der Waals surface area contributed by atoms with Gasteiger partial charge in [-0.3, -0.25) is 4.79 Å². The normalized spacial score (nSPS) is 20.1. The molecule has 2 rings (SSSR count). The minimum Gasteiger partial charge on any atom is -0.493 e. The largest absolute Gasteiger partial charge is 0.493 e. The van der Waals surface area contributed by atoms with E-state index < -0.39 is 0 Å². The summed E-state index contributed by atoms with van der Waals surface area (Å²) in [7, 11) is 1.57. The van der Waals surface area contributed by atoms with E-state index in [1.807, 2.05) is 11.8 Å². The Hall–Kier alpha value is -0.980. The Morgan fingerprint density at radius 1 is 1.48 bits per heavy atom. The van der Waals surface area contributed by atoms with E-state index in [-0.39, 0.29) is 24.4 Å². The lowest BCUT2D eigenvalue weighted by atomic mass is 10.1. The van der Waals surface area contributed by atoms with Crippen LogP contribution in [0.2, 0.25) is 0 Å². The number of nitrogens with two attached hydrogens (primary N) is 1. The van der Waals surface area contributed by atoms with Crippen LogP contribution < -0.4 is 15.2 Å². The minimum absolute atomic E-state index is 0. The van der Waals surface area contributed by atoms with Gasteiger partial charge in [-0.1, -0.05) is 0 Å². The predicted octanol–water partition coefficient (Wildman–Crippen LogP) is 3.09. The van der Waals surface area contributed by atoms with Gasteiger partial charge in [0, 0.05) is 18.2 Å². The number of benzene rings is 1. The Balaban J connectivity index is 0.00000264. The van der Waals surface area contributed by atoms with Crippen molar-refractivity contribution < 1.29 is 14.3 Å².